The quantitative estimate of drug-likeness (QED) is 0.819. The van der Waals surface area contributed by atoms with Crippen LogP contribution in [0.25, 0.3) is 12.2 Å². The highest BCUT2D eigenvalue weighted by molar-refractivity contribution is 5.70. The molecule has 0 aliphatic carbocycles. The molecule has 1 aromatic carbocycles. The first-order chi connectivity index (χ1) is 8.29. The van der Waals surface area contributed by atoms with Crippen LogP contribution in [0.15, 0.2) is 42.6 Å². The van der Waals surface area contributed by atoms with E-state index in [1.165, 1.54) is 0 Å². The van der Waals surface area contributed by atoms with Gasteiger partial charge in [0.15, 0.2) is 0 Å². The number of aromatic nitrogens is 1. The van der Waals surface area contributed by atoms with Gasteiger partial charge in [0.25, 0.3) is 0 Å². The van der Waals surface area contributed by atoms with E-state index in [1.54, 1.807) is 13.3 Å². The summed E-state index contributed by atoms with van der Waals surface area (Å²) in [5.41, 5.74) is 8.34. The number of rotatable bonds is 3. The number of pyridine rings is 1. The minimum Gasteiger partial charge on any atom is -0.495 e. The lowest BCUT2D eigenvalue weighted by Crippen LogP contribution is -1.92. The van der Waals surface area contributed by atoms with Crippen molar-refractivity contribution in [2.75, 3.05) is 12.8 Å². The topological polar surface area (TPSA) is 48.1 Å². The van der Waals surface area contributed by atoms with Crippen LogP contribution in [0.1, 0.15) is 11.3 Å². The van der Waals surface area contributed by atoms with E-state index in [1.807, 2.05) is 48.6 Å². The molecule has 1 aromatic heterocycles. The maximum atomic E-state index is 5.75. The predicted molar refractivity (Wildman–Crippen MR) is 70.6 cm³/mol. The summed E-state index contributed by atoms with van der Waals surface area (Å²) in [7, 11) is 1.61. The van der Waals surface area contributed by atoms with E-state index in [-0.39, 0.29) is 0 Å². The normalized spacial score (nSPS) is 10.6. The summed E-state index contributed by atoms with van der Waals surface area (Å²) < 4.78 is 5.16. The van der Waals surface area contributed by atoms with E-state index in [9.17, 15) is 0 Å². The van der Waals surface area contributed by atoms with Gasteiger partial charge in [-0.05, 0) is 35.9 Å². The van der Waals surface area contributed by atoms with Gasteiger partial charge >= 0.3 is 0 Å². The molecule has 0 spiro atoms. The first-order valence-corrected chi connectivity index (χ1v) is 5.32. The number of hydrogen-bond donors (Lipinski definition) is 1. The van der Waals surface area contributed by atoms with Crippen molar-refractivity contribution >= 4 is 17.8 Å². The van der Waals surface area contributed by atoms with Gasteiger partial charge in [-0.25, -0.2) is 0 Å². The highest BCUT2D eigenvalue weighted by atomic mass is 16.5. The van der Waals surface area contributed by atoms with Crippen LogP contribution in [0.3, 0.4) is 0 Å². The van der Waals surface area contributed by atoms with Gasteiger partial charge in [0, 0.05) is 6.20 Å². The molecule has 0 amide bonds. The van der Waals surface area contributed by atoms with Gasteiger partial charge in [0.1, 0.15) is 5.75 Å². The number of nitrogen functional groups attached to an aromatic ring is 1. The Bertz CT molecular complexity index is 521. The fourth-order valence-corrected chi connectivity index (χ4v) is 1.49. The lowest BCUT2D eigenvalue weighted by molar-refractivity contribution is 0.417. The summed E-state index contributed by atoms with van der Waals surface area (Å²) >= 11 is 0. The highest BCUT2D eigenvalue weighted by Crippen LogP contribution is 2.23. The minimum atomic E-state index is 0.641. The van der Waals surface area contributed by atoms with Gasteiger partial charge in [-0.2, -0.15) is 0 Å². The molecule has 0 atom stereocenters. The largest absolute Gasteiger partial charge is 0.495 e. The Morgan fingerprint density at radius 1 is 1.18 bits per heavy atom. The maximum Gasteiger partial charge on any atom is 0.142 e. The molecule has 0 radical (unpaired) electrons. The fourth-order valence-electron chi connectivity index (χ4n) is 1.49. The average molecular weight is 226 g/mol. The minimum absolute atomic E-state index is 0.641. The Morgan fingerprint density at radius 3 is 2.76 bits per heavy atom. The Balaban J connectivity index is 2.22. The molecule has 0 unspecified atom stereocenters. The van der Waals surface area contributed by atoms with Crippen molar-refractivity contribution in [3.8, 4) is 5.75 Å². The molecule has 0 bridgehead atoms. The van der Waals surface area contributed by atoms with E-state index in [2.05, 4.69) is 4.98 Å². The van der Waals surface area contributed by atoms with Crippen molar-refractivity contribution in [2.24, 2.45) is 0 Å². The van der Waals surface area contributed by atoms with Gasteiger partial charge in [-0.3, -0.25) is 4.98 Å². The predicted octanol–water partition coefficient (Wildman–Crippen LogP) is 2.84. The third-order valence-electron chi connectivity index (χ3n) is 2.39. The number of anilines is 1. The molecule has 86 valence electrons. The molecule has 0 saturated carbocycles. The fraction of sp³-hybridized carbons (Fsp3) is 0.0714. The van der Waals surface area contributed by atoms with Crippen molar-refractivity contribution in [1.29, 1.82) is 0 Å². The second-order valence-corrected chi connectivity index (χ2v) is 3.59. The maximum absolute atomic E-state index is 5.75. The van der Waals surface area contributed by atoms with Gasteiger partial charge in [0.2, 0.25) is 0 Å². The van der Waals surface area contributed by atoms with Crippen LogP contribution in [0.4, 0.5) is 5.69 Å². The molecule has 1 heterocycles. The molecule has 3 nitrogen and oxygen atoms in total. The molecule has 0 aliphatic heterocycles. The number of nitrogens with two attached hydrogens (primary N) is 1. The number of methoxy groups -OCH3 is 1. The van der Waals surface area contributed by atoms with Crippen molar-refractivity contribution in [3.63, 3.8) is 0 Å². The molecular weight excluding hydrogens is 212 g/mol. The van der Waals surface area contributed by atoms with Crippen LogP contribution >= 0.6 is 0 Å². The molecule has 3 heteroatoms. The summed E-state index contributed by atoms with van der Waals surface area (Å²) in [5.74, 6) is 0.688. The van der Waals surface area contributed by atoms with Crippen molar-refractivity contribution in [3.05, 3.63) is 53.9 Å². The third-order valence-corrected chi connectivity index (χ3v) is 2.39. The van der Waals surface area contributed by atoms with Crippen LogP contribution in [0.2, 0.25) is 0 Å². The number of benzene rings is 1. The summed E-state index contributed by atoms with van der Waals surface area (Å²) in [6.07, 6.45) is 5.69. The van der Waals surface area contributed by atoms with Crippen molar-refractivity contribution in [1.82, 2.24) is 4.98 Å². The second-order valence-electron chi connectivity index (χ2n) is 3.59. The number of nitrogens with zero attached hydrogens (tertiary/aromatic N) is 1. The summed E-state index contributed by atoms with van der Waals surface area (Å²) in [6, 6.07) is 11.5. The lowest BCUT2D eigenvalue weighted by Gasteiger charge is -2.04. The zero-order valence-electron chi connectivity index (χ0n) is 9.63. The number of hydrogen-bond acceptors (Lipinski definition) is 3. The molecule has 2 rings (SSSR count). The first kappa shape index (κ1) is 11.2. The summed E-state index contributed by atoms with van der Waals surface area (Å²) in [5, 5.41) is 0. The van der Waals surface area contributed by atoms with Gasteiger partial charge < -0.3 is 10.5 Å². The van der Waals surface area contributed by atoms with Crippen molar-refractivity contribution < 1.29 is 4.74 Å². The lowest BCUT2D eigenvalue weighted by atomic mass is 10.1. The van der Waals surface area contributed by atoms with E-state index in [4.69, 9.17) is 10.5 Å². The Labute approximate surface area is 101 Å². The molecule has 2 aromatic rings. The summed E-state index contributed by atoms with van der Waals surface area (Å²) in [4.78, 5) is 4.21. The highest BCUT2D eigenvalue weighted by Gasteiger charge is 1.98. The summed E-state index contributed by atoms with van der Waals surface area (Å²) in [6.45, 7) is 0. The van der Waals surface area contributed by atoms with Crippen LogP contribution in [0.5, 0.6) is 5.75 Å². The number of ether oxygens (including phenoxy) is 1. The molecule has 0 saturated heterocycles. The van der Waals surface area contributed by atoms with E-state index in [0.29, 0.717) is 11.4 Å². The molecule has 0 aliphatic rings. The average Bonchev–Trinajstić information content (AvgIpc) is 2.39. The van der Waals surface area contributed by atoms with Gasteiger partial charge in [-0.1, -0.05) is 18.2 Å². The monoisotopic (exact) mass is 226 g/mol. The smallest absolute Gasteiger partial charge is 0.142 e. The molecule has 17 heavy (non-hydrogen) atoms. The van der Waals surface area contributed by atoms with Crippen LogP contribution in [-0.4, -0.2) is 12.1 Å². The first-order valence-electron chi connectivity index (χ1n) is 5.32. The van der Waals surface area contributed by atoms with Crippen LogP contribution in [-0.2, 0) is 0 Å². The van der Waals surface area contributed by atoms with Crippen molar-refractivity contribution in [2.45, 2.75) is 0 Å². The van der Waals surface area contributed by atoms with E-state index in [0.717, 1.165) is 11.3 Å². The zero-order chi connectivity index (χ0) is 12.1. The molecule has 0 fully saturated rings. The molecule has 2 N–H and O–H groups in total. The van der Waals surface area contributed by atoms with Gasteiger partial charge in [-0.15, -0.1) is 0 Å². The Kier molecular flexibility index (Phi) is 3.40. The van der Waals surface area contributed by atoms with Crippen LogP contribution < -0.4 is 10.5 Å². The Hall–Kier alpha value is -2.29. The second kappa shape index (κ2) is 5.16. The standard InChI is InChI=1S/C14H14N2O/c1-17-14-10-11(6-8-13(14)15)5-7-12-4-2-3-9-16-12/h2-10H,15H2,1H3. The SMILES string of the molecule is COc1cc(C=Cc2ccccn2)ccc1N. The molecular formula is C14H14N2O. The third kappa shape index (κ3) is 2.84. The van der Waals surface area contributed by atoms with E-state index < -0.39 is 0 Å². The van der Waals surface area contributed by atoms with Crippen LogP contribution in [0, 0.1) is 0 Å². The Morgan fingerprint density at radius 2 is 2.06 bits per heavy atom. The van der Waals surface area contributed by atoms with E-state index >= 15 is 0 Å². The zero-order valence-corrected chi connectivity index (χ0v) is 9.63. The van der Waals surface area contributed by atoms with Gasteiger partial charge in [0.05, 0.1) is 18.5 Å².